The van der Waals surface area contributed by atoms with E-state index >= 15 is 0 Å². The van der Waals surface area contributed by atoms with Crippen molar-refractivity contribution in [2.24, 2.45) is 0 Å². The van der Waals surface area contributed by atoms with Crippen LogP contribution in [-0.4, -0.2) is 9.55 Å². The van der Waals surface area contributed by atoms with E-state index in [-0.39, 0.29) is 16.4 Å². The zero-order chi connectivity index (χ0) is 15.6. The molecule has 108 valence electrons. The van der Waals surface area contributed by atoms with Gasteiger partial charge in [-0.1, -0.05) is 36.5 Å². The summed E-state index contributed by atoms with van der Waals surface area (Å²) in [7, 11) is 0. The number of halogens is 2. The largest absolute Gasteiger partial charge is 0.334 e. The summed E-state index contributed by atoms with van der Waals surface area (Å²) < 4.78 is 0.890. The Morgan fingerprint density at radius 1 is 1.33 bits per heavy atom. The van der Waals surface area contributed by atoms with Crippen LogP contribution in [0, 0.1) is 11.3 Å². The molecule has 7 heteroatoms. The Kier molecular flexibility index (Phi) is 4.51. The van der Waals surface area contributed by atoms with Crippen LogP contribution in [0.5, 0.6) is 0 Å². The van der Waals surface area contributed by atoms with Crippen molar-refractivity contribution in [2.75, 3.05) is 0 Å². The maximum absolute atomic E-state index is 12.5. The van der Waals surface area contributed by atoms with Gasteiger partial charge in [0, 0.05) is 5.02 Å². The van der Waals surface area contributed by atoms with Crippen molar-refractivity contribution in [1.82, 2.24) is 9.55 Å². The average Bonchev–Trinajstić information content (AvgIpc) is 2.43. The monoisotopic (exact) mass is 323 g/mol. The predicted octanol–water partition coefficient (Wildman–Crippen LogP) is 2.66. The van der Waals surface area contributed by atoms with Crippen LogP contribution in [0.3, 0.4) is 0 Å². The molecular formula is C14H11Cl2N3O2. The Hall–Kier alpha value is -2.03. The number of aromatic amines is 1. The second-order valence-electron chi connectivity index (χ2n) is 4.39. The van der Waals surface area contributed by atoms with Gasteiger partial charge in [-0.25, -0.2) is 9.36 Å². The molecule has 5 nitrogen and oxygen atoms in total. The first-order chi connectivity index (χ1) is 9.99. The third-order valence-corrected chi connectivity index (χ3v) is 3.52. The van der Waals surface area contributed by atoms with Gasteiger partial charge in [0.15, 0.2) is 0 Å². The van der Waals surface area contributed by atoms with E-state index in [1.807, 2.05) is 13.0 Å². The van der Waals surface area contributed by atoms with Gasteiger partial charge >= 0.3 is 5.69 Å². The smallest absolute Gasteiger partial charge is 0.297 e. The maximum atomic E-state index is 12.5. The minimum absolute atomic E-state index is 0.0311. The molecule has 1 aromatic heterocycles. The first-order valence-corrected chi connectivity index (χ1v) is 6.99. The molecule has 0 atom stereocenters. The molecule has 0 radical (unpaired) electrons. The highest BCUT2D eigenvalue weighted by molar-refractivity contribution is 6.31. The number of hydrogen-bond donors (Lipinski definition) is 1. The van der Waals surface area contributed by atoms with E-state index in [0.717, 1.165) is 4.57 Å². The minimum atomic E-state index is -0.705. The molecule has 21 heavy (non-hydrogen) atoms. The summed E-state index contributed by atoms with van der Waals surface area (Å²) in [6.07, 6.45) is 1.12. The summed E-state index contributed by atoms with van der Waals surface area (Å²) in [5, 5.41) is 9.49. The summed E-state index contributed by atoms with van der Waals surface area (Å²) in [4.78, 5) is 27.0. The van der Waals surface area contributed by atoms with Crippen molar-refractivity contribution in [3.8, 4) is 11.8 Å². The van der Waals surface area contributed by atoms with E-state index in [1.54, 1.807) is 0 Å². The number of H-pyrrole nitrogens is 1. The summed E-state index contributed by atoms with van der Waals surface area (Å²) in [5.74, 6) is 0. The van der Waals surface area contributed by atoms with Crippen LogP contribution in [0.15, 0.2) is 27.8 Å². The number of hydrogen-bond acceptors (Lipinski definition) is 3. The molecule has 0 bridgehead atoms. The predicted molar refractivity (Wildman–Crippen MR) is 81.4 cm³/mol. The fourth-order valence-electron chi connectivity index (χ4n) is 2.02. The zero-order valence-corrected chi connectivity index (χ0v) is 12.6. The highest BCUT2D eigenvalue weighted by atomic mass is 35.5. The molecule has 0 unspecified atom stereocenters. The Labute approximate surface area is 130 Å². The molecule has 0 aliphatic heterocycles. The Bertz CT molecular complexity index is 847. The second kappa shape index (κ2) is 6.17. The van der Waals surface area contributed by atoms with Gasteiger partial charge in [0.2, 0.25) is 0 Å². The fourth-order valence-corrected chi connectivity index (χ4v) is 2.44. The van der Waals surface area contributed by atoms with E-state index in [9.17, 15) is 9.59 Å². The molecule has 0 saturated heterocycles. The lowest BCUT2D eigenvalue weighted by Crippen LogP contribution is -2.36. The van der Waals surface area contributed by atoms with Crippen LogP contribution in [0.1, 0.15) is 24.5 Å². The lowest BCUT2D eigenvalue weighted by molar-refractivity contribution is 0.810. The van der Waals surface area contributed by atoms with E-state index in [0.29, 0.717) is 23.4 Å². The van der Waals surface area contributed by atoms with Gasteiger partial charge < -0.3 is 0 Å². The topological polar surface area (TPSA) is 78.7 Å². The fraction of sp³-hybridized carbons (Fsp3) is 0.214. The normalized spacial score (nSPS) is 10.4. The van der Waals surface area contributed by atoms with E-state index in [1.165, 1.54) is 18.2 Å². The van der Waals surface area contributed by atoms with Gasteiger partial charge in [-0.3, -0.25) is 9.78 Å². The van der Waals surface area contributed by atoms with Gasteiger partial charge in [0.1, 0.15) is 11.2 Å². The van der Waals surface area contributed by atoms with Gasteiger partial charge in [0.05, 0.1) is 16.8 Å². The van der Waals surface area contributed by atoms with Crippen molar-refractivity contribution < 1.29 is 0 Å². The van der Waals surface area contributed by atoms with Crippen LogP contribution in [-0.2, 0) is 6.42 Å². The van der Waals surface area contributed by atoms with Crippen molar-refractivity contribution >= 4 is 23.2 Å². The van der Waals surface area contributed by atoms with Crippen LogP contribution in [0.4, 0.5) is 0 Å². The third-order valence-electron chi connectivity index (χ3n) is 2.97. The number of rotatable bonds is 3. The minimum Gasteiger partial charge on any atom is -0.297 e. The van der Waals surface area contributed by atoms with Crippen LogP contribution < -0.4 is 11.2 Å². The first-order valence-electron chi connectivity index (χ1n) is 6.23. The number of nitrogens with one attached hydrogen (secondary N) is 1. The SMILES string of the molecule is CCCc1c(Cl)[nH]c(=O)n(-c2cc(Cl)ccc2C#N)c1=O. The molecule has 0 aliphatic rings. The standard InChI is InChI=1S/C14H11Cl2N3O2/c1-2-3-10-12(16)18-14(21)19(13(10)20)11-6-9(15)5-4-8(11)7-17/h4-6H,2-3H2,1H3,(H,18,21). The zero-order valence-electron chi connectivity index (χ0n) is 11.1. The average molecular weight is 324 g/mol. The molecule has 1 N–H and O–H groups in total. The van der Waals surface area contributed by atoms with Gasteiger partial charge in [-0.15, -0.1) is 0 Å². The molecule has 2 aromatic rings. The molecule has 0 fully saturated rings. The molecule has 0 spiro atoms. The molecule has 0 saturated carbocycles. The molecule has 2 rings (SSSR count). The highest BCUT2D eigenvalue weighted by Gasteiger charge is 2.16. The van der Waals surface area contributed by atoms with Gasteiger partial charge in [0.25, 0.3) is 5.56 Å². The molecule has 0 amide bonds. The summed E-state index contributed by atoms with van der Waals surface area (Å²) in [6.45, 7) is 1.89. The summed E-state index contributed by atoms with van der Waals surface area (Å²) in [5.41, 5.74) is -0.613. The van der Waals surface area contributed by atoms with Crippen molar-refractivity contribution in [1.29, 1.82) is 5.26 Å². The number of aromatic nitrogens is 2. The lowest BCUT2D eigenvalue weighted by atomic mass is 10.1. The van der Waals surface area contributed by atoms with E-state index < -0.39 is 11.2 Å². The molecular weight excluding hydrogens is 313 g/mol. The maximum Gasteiger partial charge on any atom is 0.334 e. The van der Waals surface area contributed by atoms with E-state index in [4.69, 9.17) is 28.5 Å². The summed E-state index contributed by atoms with van der Waals surface area (Å²) >= 11 is 11.8. The number of nitrogens with zero attached hydrogens (tertiary/aromatic N) is 2. The van der Waals surface area contributed by atoms with Crippen molar-refractivity contribution in [3.63, 3.8) is 0 Å². The van der Waals surface area contributed by atoms with Crippen molar-refractivity contribution in [3.05, 3.63) is 60.3 Å². The molecule has 1 heterocycles. The second-order valence-corrected chi connectivity index (χ2v) is 5.20. The Morgan fingerprint density at radius 2 is 2.05 bits per heavy atom. The van der Waals surface area contributed by atoms with Gasteiger partial charge in [-0.2, -0.15) is 5.26 Å². The number of nitriles is 1. The Morgan fingerprint density at radius 3 is 2.67 bits per heavy atom. The van der Waals surface area contributed by atoms with Gasteiger partial charge in [-0.05, 0) is 24.6 Å². The molecule has 0 aliphatic carbocycles. The highest BCUT2D eigenvalue weighted by Crippen LogP contribution is 2.18. The van der Waals surface area contributed by atoms with Crippen LogP contribution in [0.25, 0.3) is 5.69 Å². The van der Waals surface area contributed by atoms with E-state index in [2.05, 4.69) is 4.98 Å². The molecule has 1 aromatic carbocycles. The van der Waals surface area contributed by atoms with Crippen molar-refractivity contribution in [2.45, 2.75) is 19.8 Å². The third kappa shape index (κ3) is 2.87. The quantitative estimate of drug-likeness (QED) is 0.882. The number of benzene rings is 1. The first kappa shape index (κ1) is 15.4. The van der Waals surface area contributed by atoms with Crippen LogP contribution >= 0.6 is 23.2 Å². The Balaban J connectivity index is 2.86. The summed E-state index contributed by atoms with van der Waals surface area (Å²) in [6, 6.07) is 6.32. The van der Waals surface area contributed by atoms with Crippen LogP contribution in [0.2, 0.25) is 10.2 Å². The lowest BCUT2D eigenvalue weighted by Gasteiger charge is -2.10.